The lowest BCUT2D eigenvalue weighted by Crippen LogP contribution is -2.47. The van der Waals surface area contributed by atoms with Crippen LogP contribution >= 0.6 is 0 Å². The van der Waals surface area contributed by atoms with Crippen LogP contribution in [0.2, 0.25) is 0 Å². The number of hydrogen-bond donors (Lipinski definition) is 0. The van der Waals surface area contributed by atoms with Gasteiger partial charge in [-0.2, -0.15) is 0 Å². The number of amides is 1. The largest absolute Gasteiger partial charge is 0.374 e. The summed E-state index contributed by atoms with van der Waals surface area (Å²) in [5.74, 6) is 0.649. The molecule has 118 valence electrons. The molecule has 6 nitrogen and oxygen atoms in total. The maximum Gasteiger partial charge on any atom is 0.274 e. The highest BCUT2D eigenvalue weighted by atomic mass is 16.5. The van der Waals surface area contributed by atoms with Crippen molar-refractivity contribution in [3.05, 3.63) is 24.3 Å². The summed E-state index contributed by atoms with van der Waals surface area (Å²) in [5.41, 5.74) is 0.397. The van der Waals surface area contributed by atoms with E-state index in [1.54, 1.807) is 12.4 Å². The van der Waals surface area contributed by atoms with Crippen LogP contribution in [0.15, 0.2) is 18.6 Å². The Bertz CT molecular complexity index is 535. The third-order valence-corrected chi connectivity index (χ3v) is 4.82. The number of aromatic nitrogens is 2. The highest BCUT2D eigenvalue weighted by molar-refractivity contribution is 5.92. The van der Waals surface area contributed by atoms with Crippen LogP contribution in [0.1, 0.15) is 36.2 Å². The molecule has 1 aromatic rings. The molecule has 2 bridgehead atoms. The first-order valence-electron chi connectivity index (χ1n) is 8.13. The van der Waals surface area contributed by atoms with E-state index in [0.717, 1.165) is 19.4 Å². The van der Waals surface area contributed by atoms with Crippen molar-refractivity contribution in [1.82, 2.24) is 14.9 Å². The Kier molecular flexibility index (Phi) is 3.80. The minimum Gasteiger partial charge on any atom is -0.374 e. The van der Waals surface area contributed by atoms with E-state index in [9.17, 15) is 4.79 Å². The van der Waals surface area contributed by atoms with E-state index in [-0.39, 0.29) is 24.2 Å². The molecule has 6 heteroatoms. The zero-order valence-corrected chi connectivity index (χ0v) is 12.6. The molecule has 4 rings (SSSR count). The molecule has 2 aliphatic carbocycles. The minimum absolute atomic E-state index is 0.00345. The molecule has 1 aromatic heterocycles. The topological polar surface area (TPSA) is 64.6 Å². The lowest BCUT2D eigenvalue weighted by Gasteiger charge is -2.31. The smallest absolute Gasteiger partial charge is 0.274 e. The van der Waals surface area contributed by atoms with Crippen molar-refractivity contribution < 1.29 is 14.3 Å². The first-order valence-corrected chi connectivity index (χ1v) is 8.13. The van der Waals surface area contributed by atoms with Gasteiger partial charge in [0.1, 0.15) is 11.8 Å². The van der Waals surface area contributed by atoms with E-state index in [4.69, 9.17) is 9.47 Å². The fraction of sp³-hybridized carbons (Fsp3) is 0.688. The van der Waals surface area contributed by atoms with Gasteiger partial charge in [-0.05, 0) is 31.6 Å². The van der Waals surface area contributed by atoms with E-state index in [0.29, 0.717) is 24.8 Å². The molecule has 0 spiro atoms. The molecule has 0 radical (unpaired) electrons. The van der Waals surface area contributed by atoms with Crippen LogP contribution in [0.5, 0.6) is 0 Å². The number of ether oxygens (including phenoxy) is 2. The van der Waals surface area contributed by atoms with Crippen molar-refractivity contribution in [1.29, 1.82) is 0 Å². The molecule has 3 atom stereocenters. The molecule has 3 fully saturated rings. The minimum atomic E-state index is -0.0655. The molecule has 0 unspecified atom stereocenters. The SMILES string of the molecule is O=C(c1cnccn1)N1CCO[C@H]2CC[C@H]1[C@H]2OCC1CC1. The van der Waals surface area contributed by atoms with Crippen molar-refractivity contribution in [2.24, 2.45) is 5.92 Å². The number of rotatable bonds is 4. The highest BCUT2D eigenvalue weighted by Crippen LogP contribution is 2.35. The number of carbonyl (C=O) groups excluding carboxylic acids is 1. The predicted molar refractivity (Wildman–Crippen MR) is 78.3 cm³/mol. The lowest BCUT2D eigenvalue weighted by atomic mass is 10.1. The van der Waals surface area contributed by atoms with Crippen LogP contribution in [0.4, 0.5) is 0 Å². The molecule has 1 aliphatic heterocycles. The zero-order chi connectivity index (χ0) is 14.9. The van der Waals surface area contributed by atoms with Crippen molar-refractivity contribution in [2.45, 2.75) is 43.9 Å². The van der Waals surface area contributed by atoms with E-state index < -0.39 is 0 Å². The second-order valence-electron chi connectivity index (χ2n) is 6.38. The summed E-state index contributed by atoms with van der Waals surface area (Å²) in [6, 6.07) is 0.0979. The van der Waals surface area contributed by atoms with Gasteiger partial charge in [0.05, 0.1) is 24.9 Å². The molecule has 1 saturated heterocycles. The number of nitrogens with zero attached hydrogens (tertiary/aromatic N) is 3. The summed E-state index contributed by atoms with van der Waals surface area (Å²) < 4.78 is 12.1. The van der Waals surface area contributed by atoms with E-state index in [1.807, 2.05) is 4.90 Å². The van der Waals surface area contributed by atoms with E-state index in [2.05, 4.69) is 9.97 Å². The number of hydrogen-bond acceptors (Lipinski definition) is 5. The van der Waals surface area contributed by atoms with Gasteiger partial charge < -0.3 is 14.4 Å². The summed E-state index contributed by atoms with van der Waals surface area (Å²) in [4.78, 5) is 22.8. The lowest BCUT2D eigenvalue weighted by molar-refractivity contribution is -0.0557. The molecule has 1 amide bonds. The maximum atomic E-state index is 12.7. The van der Waals surface area contributed by atoms with Gasteiger partial charge in [-0.15, -0.1) is 0 Å². The molecule has 2 heterocycles. The second kappa shape index (κ2) is 5.93. The molecule has 2 saturated carbocycles. The average molecular weight is 303 g/mol. The Morgan fingerprint density at radius 1 is 1.32 bits per heavy atom. The van der Waals surface area contributed by atoms with Gasteiger partial charge in [-0.1, -0.05) is 0 Å². The first kappa shape index (κ1) is 14.1. The van der Waals surface area contributed by atoms with Gasteiger partial charge in [-0.25, -0.2) is 4.98 Å². The van der Waals surface area contributed by atoms with E-state index in [1.165, 1.54) is 19.0 Å². The second-order valence-corrected chi connectivity index (χ2v) is 6.38. The van der Waals surface area contributed by atoms with Crippen LogP contribution in [-0.2, 0) is 9.47 Å². The van der Waals surface area contributed by atoms with Gasteiger partial charge in [0.2, 0.25) is 0 Å². The van der Waals surface area contributed by atoms with Gasteiger partial charge >= 0.3 is 0 Å². The standard InChI is InChI=1S/C16H21N3O3/c20-16(12-9-17-5-6-18-12)19-7-8-21-14-4-3-13(19)15(14)22-10-11-1-2-11/h5-6,9,11,13-15H,1-4,7-8,10H2/t13-,14-,15+/m0/s1. The van der Waals surface area contributed by atoms with Crippen LogP contribution < -0.4 is 0 Å². The summed E-state index contributed by atoms with van der Waals surface area (Å²) in [6.07, 6.45) is 9.23. The summed E-state index contributed by atoms with van der Waals surface area (Å²) >= 11 is 0. The quantitative estimate of drug-likeness (QED) is 0.838. The van der Waals surface area contributed by atoms with Crippen molar-refractivity contribution >= 4 is 5.91 Å². The van der Waals surface area contributed by atoms with Crippen molar-refractivity contribution in [3.63, 3.8) is 0 Å². The highest BCUT2D eigenvalue weighted by Gasteiger charge is 2.45. The first-order chi connectivity index (χ1) is 10.8. The van der Waals surface area contributed by atoms with Gasteiger partial charge in [-0.3, -0.25) is 9.78 Å². The Morgan fingerprint density at radius 2 is 2.23 bits per heavy atom. The van der Waals surface area contributed by atoms with Gasteiger partial charge in [0, 0.05) is 25.5 Å². The van der Waals surface area contributed by atoms with Gasteiger partial charge in [0.15, 0.2) is 0 Å². The Morgan fingerprint density at radius 3 is 3.00 bits per heavy atom. The van der Waals surface area contributed by atoms with Crippen molar-refractivity contribution in [3.8, 4) is 0 Å². The molecule has 22 heavy (non-hydrogen) atoms. The summed E-state index contributed by atoms with van der Waals surface area (Å²) in [7, 11) is 0. The van der Waals surface area contributed by atoms with E-state index >= 15 is 0 Å². The fourth-order valence-electron chi connectivity index (χ4n) is 3.45. The van der Waals surface area contributed by atoms with Gasteiger partial charge in [0.25, 0.3) is 5.91 Å². The molecule has 3 aliphatic rings. The van der Waals surface area contributed by atoms with Crippen LogP contribution in [0.3, 0.4) is 0 Å². The molecular weight excluding hydrogens is 282 g/mol. The molecular formula is C16H21N3O3. The maximum absolute atomic E-state index is 12.7. The fourth-order valence-corrected chi connectivity index (χ4v) is 3.45. The summed E-state index contributed by atoms with van der Waals surface area (Å²) in [5, 5.41) is 0. The normalized spacial score (nSPS) is 31.1. The monoisotopic (exact) mass is 303 g/mol. The van der Waals surface area contributed by atoms with Crippen LogP contribution in [-0.4, -0.2) is 58.8 Å². The third kappa shape index (κ3) is 2.73. The number of carbonyl (C=O) groups is 1. The zero-order valence-electron chi connectivity index (χ0n) is 12.6. The molecule has 0 aromatic carbocycles. The van der Waals surface area contributed by atoms with Crippen LogP contribution in [0, 0.1) is 5.92 Å². The molecule has 0 N–H and O–H groups in total. The van der Waals surface area contributed by atoms with Crippen LogP contribution in [0.25, 0.3) is 0 Å². The predicted octanol–water partition coefficient (Wildman–Crippen LogP) is 1.28. The average Bonchev–Trinajstić information content (AvgIpc) is 3.30. The van der Waals surface area contributed by atoms with Crippen molar-refractivity contribution in [2.75, 3.05) is 19.8 Å². The Hall–Kier alpha value is -1.53. The summed E-state index contributed by atoms with van der Waals surface area (Å²) in [6.45, 7) is 1.96. The Balaban J connectivity index is 1.52. The Labute approximate surface area is 129 Å². The third-order valence-electron chi connectivity index (χ3n) is 4.82. The number of fused-ring (bicyclic) bond motifs is 2.